The molecule has 4 unspecified atom stereocenters. The van der Waals surface area contributed by atoms with E-state index in [2.05, 4.69) is 28.9 Å². The molecule has 0 fully saturated rings. The number of allylic oxidation sites excluding steroid dienone is 3. The molecule has 5 N–H and O–H groups in total. The standard InChI is InChI=1S/C36H40N4O5/c1-4-13-27-23(2)28-18-11-12-19-29(28)30(27)22-45-36(44)40-32(21-26-16-9-6-10-17-26)35(43)39-31(20-25-14-7-5-8-15-25)34(42)38-24(3)33(37)41/h4-19,24,30-32H,20-22H2,1-3H3,(H2,37,41)(H,38,42)(H,39,43)(H,40,44)/b13-4-. The van der Waals surface area contributed by atoms with Crippen molar-refractivity contribution in [1.82, 2.24) is 16.0 Å². The molecule has 1 aliphatic rings. The van der Waals surface area contributed by atoms with Crippen molar-refractivity contribution in [2.45, 2.75) is 57.7 Å². The fourth-order valence-corrected chi connectivity index (χ4v) is 5.45. The second-order valence-corrected chi connectivity index (χ2v) is 11.1. The topological polar surface area (TPSA) is 140 Å². The second-order valence-electron chi connectivity index (χ2n) is 11.1. The van der Waals surface area contributed by atoms with Crippen LogP contribution < -0.4 is 21.7 Å². The number of fused-ring (bicyclic) bond motifs is 1. The molecule has 45 heavy (non-hydrogen) atoms. The van der Waals surface area contributed by atoms with E-state index >= 15 is 0 Å². The molecule has 0 saturated carbocycles. The van der Waals surface area contributed by atoms with Crippen LogP contribution >= 0.6 is 0 Å². The Kier molecular flexibility index (Phi) is 11.3. The first-order valence-corrected chi connectivity index (χ1v) is 15.0. The fourth-order valence-electron chi connectivity index (χ4n) is 5.45. The first-order chi connectivity index (χ1) is 21.7. The molecule has 0 spiro atoms. The Balaban J connectivity index is 1.51. The van der Waals surface area contributed by atoms with Crippen molar-refractivity contribution < 1.29 is 23.9 Å². The van der Waals surface area contributed by atoms with E-state index < -0.39 is 41.9 Å². The molecule has 4 amide bonds. The van der Waals surface area contributed by atoms with Gasteiger partial charge in [0.05, 0.1) is 0 Å². The minimum absolute atomic E-state index is 0.0869. The molecule has 234 valence electrons. The monoisotopic (exact) mass is 608 g/mol. The van der Waals surface area contributed by atoms with Crippen LogP contribution in [0.25, 0.3) is 5.57 Å². The van der Waals surface area contributed by atoms with Gasteiger partial charge in [0.2, 0.25) is 17.7 Å². The summed E-state index contributed by atoms with van der Waals surface area (Å²) in [5.41, 5.74) is 11.4. The maximum atomic E-state index is 13.7. The zero-order valence-corrected chi connectivity index (χ0v) is 25.8. The van der Waals surface area contributed by atoms with Gasteiger partial charge in [-0.1, -0.05) is 97.1 Å². The summed E-state index contributed by atoms with van der Waals surface area (Å²) in [5.74, 6) is -1.99. The number of hydrogen-bond acceptors (Lipinski definition) is 5. The predicted molar refractivity (Wildman–Crippen MR) is 174 cm³/mol. The van der Waals surface area contributed by atoms with Crippen molar-refractivity contribution >= 4 is 29.4 Å². The van der Waals surface area contributed by atoms with Crippen LogP contribution in [-0.4, -0.2) is 48.5 Å². The lowest BCUT2D eigenvalue weighted by atomic mass is 9.96. The highest BCUT2D eigenvalue weighted by Gasteiger charge is 2.31. The SMILES string of the molecule is C/C=C\C1=C(C)c2ccccc2C1COC(=O)NC(Cc1ccccc1)C(=O)NC(Cc1ccccc1)C(=O)NC(C)C(N)=O. The molecular formula is C36H40N4O5. The van der Waals surface area contributed by atoms with E-state index in [1.165, 1.54) is 6.92 Å². The molecule has 0 radical (unpaired) electrons. The van der Waals surface area contributed by atoms with Crippen molar-refractivity contribution in [1.29, 1.82) is 0 Å². The molecule has 0 aromatic heterocycles. The molecule has 9 nitrogen and oxygen atoms in total. The molecule has 1 aliphatic carbocycles. The molecule has 0 aliphatic heterocycles. The maximum absolute atomic E-state index is 13.7. The number of nitrogens with two attached hydrogens (primary N) is 1. The van der Waals surface area contributed by atoms with E-state index in [9.17, 15) is 19.2 Å². The summed E-state index contributed by atoms with van der Waals surface area (Å²) in [6.07, 6.45) is 3.56. The van der Waals surface area contributed by atoms with Gasteiger partial charge in [-0.2, -0.15) is 0 Å². The van der Waals surface area contributed by atoms with Crippen LogP contribution in [0.1, 0.15) is 48.9 Å². The first-order valence-electron chi connectivity index (χ1n) is 15.0. The van der Waals surface area contributed by atoms with Gasteiger partial charge in [0, 0.05) is 18.8 Å². The largest absolute Gasteiger partial charge is 0.449 e. The minimum atomic E-state index is -1.05. The third-order valence-electron chi connectivity index (χ3n) is 7.87. The van der Waals surface area contributed by atoms with Crippen molar-refractivity contribution in [3.8, 4) is 0 Å². The average molecular weight is 609 g/mol. The number of rotatable bonds is 13. The van der Waals surface area contributed by atoms with Crippen LogP contribution in [0.3, 0.4) is 0 Å². The van der Waals surface area contributed by atoms with Gasteiger partial charge in [-0.3, -0.25) is 14.4 Å². The third kappa shape index (κ3) is 8.69. The van der Waals surface area contributed by atoms with Gasteiger partial charge in [0.25, 0.3) is 0 Å². The molecule has 0 heterocycles. The predicted octanol–water partition coefficient (Wildman–Crippen LogP) is 4.19. The lowest BCUT2D eigenvalue weighted by Crippen LogP contribution is -2.57. The number of hydrogen-bond donors (Lipinski definition) is 4. The van der Waals surface area contributed by atoms with Crippen LogP contribution in [0.4, 0.5) is 4.79 Å². The molecule has 0 bridgehead atoms. The summed E-state index contributed by atoms with van der Waals surface area (Å²) < 4.78 is 5.72. The van der Waals surface area contributed by atoms with Crippen molar-refractivity contribution in [3.05, 3.63) is 125 Å². The highest BCUT2D eigenvalue weighted by molar-refractivity contribution is 5.93. The number of carbonyl (C=O) groups excluding carboxylic acids is 4. The van der Waals surface area contributed by atoms with Crippen LogP contribution in [0.15, 0.2) is 103 Å². The van der Waals surface area contributed by atoms with E-state index in [1.54, 1.807) is 0 Å². The molecule has 3 aromatic carbocycles. The lowest BCUT2D eigenvalue weighted by molar-refractivity contribution is -0.131. The Bertz CT molecular complexity index is 1570. The highest BCUT2D eigenvalue weighted by Crippen LogP contribution is 2.42. The number of benzene rings is 3. The van der Waals surface area contributed by atoms with Crippen LogP contribution in [0, 0.1) is 0 Å². The van der Waals surface area contributed by atoms with Gasteiger partial charge in [-0.25, -0.2) is 4.79 Å². The zero-order valence-electron chi connectivity index (χ0n) is 25.8. The number of carbonyl (C=O) groups is 4. The second kappa shape index (κ2) is 15.5. The Morgan fingerprint density at radius 3 is 1.91 bits per heavy atom. The number of amides is 4. The average Bonchev–Trinajstić information content (AvgIpc) is 3.30. The summed E-state index contributed by atoms with van der Waals surface area (Å²) in [5, 5.41) is 8.07. The maximum Gasteiger partial charge on any atom is 0.407 e. The van der Waals surface area contributed by atoms with Crippen molar-refractivity contribution in [2.75, 3.05) is 6.61 Å². The Morgan fingerprint density at radius 1 is 0.800 bits per heavy atom. The smallest absolute Gasteiger partial charge is 0.407 e. The molecule has 9 heteroatoms. The van der Waals surface area contributed by atoms with Crippen molar-refractivity contribution in [2.24, 2.45) is 5.73 Å². The summed E-state index contributed by atoms with van der Waals surface area (Å²) in [6.45, 7) is 5.56. The van der Waals surface area contributed by atoms with Gasteiger partial charge in [0.1, 0.15) is 24.7 Å². The Morgan fingerprint density at radius 2 is 1.33 bits per heavy atom. The van der Waals surface area contributed by atoms with Crippen LogP contribution in [0.5, 0.6) is 0 Å². The summed E-state index contributed by atoms with van der Waals surface area (Å²) in [6, 6.07) is 23.4. The van der Waals surface area contributed by atoms with Gasteiger partial charge in [-0.15, -0.1) is 0 Å². The molecule has 0 saturated heterocycles. The van der Waals surface area contributed by atoms with E-state index in [0.717, 1.165) is 33.4 Å². The summed E-state index contributed by atoms with van der Waals surface area (Å²) >= 11 is 0. The fraction of sp³-hybridized carbons (Fsp3) is 0.278. The van der Waals surface area contributed by atoms with E-state index in [1.807, 2.05) is 97.9 Å². The van der Waals surface area contributed by atoms with E-state index in [4.69, 9.17) is 10.5 Å². The Hall–Kier alpha value is -5.18. The molecule has 3 aromatic rings. The number of nitrogens with one attached hydrogen (secondary N) is 3. The van der Waals surface area contributed by atoms with Gasteiger partial charge in [-0.05, 0) is 54.2 Å². The quantitative estimate of drug-likeness (QED) is 0.231. The summed E-state index contributed by atoms with van der Waals surface area (Å²) in [4.78, 5) is 51.8. The lowest BCUT2D eigenvalue weighted by Gasteiger charge is -2.24. The van der Waals surface area contributed by atoms with E-state index in [-0.39, 0.29) is 25.4 Å². The third-order valence-corrected chi connectivity index (χ3v) is 7.87. The molecule has 4 rings (SSSR count). The van der Waals surface area contributed by atoms with Crippen molar-refractivity contribution in [3.63, 3.8) is 0 Å². The molecule has 4 atom stereocenters. The minimum Gasteiger partial charge on any atom is -0.449 e. The zero-order chi connectivity index (χ0) is 32.3. The Labute approximate surface area is 263 Å². The number of ether oxygens (including phenoxy) is 1. The summed E-state index contributed by atoms with van der Waals surface area (Å²) in [7, 11) is 0. The van der Waals surface area contributed by atoms with E-state index in [0.29, 0.717) is 0 Å². The first kappa shape index (κ1) is 32.7. The normalized spacial score (nSPS) is 15.9. The van der Waals surface area contributed by atoms with Gasteiger partial charge in [0.15, 0.2) is 0 Å². The van der Waals surface area contributed by atoms with Gasteiger partial charge < -0.3 is 26.4 Å². The number of alkyl carbamates (subject to hydrolysis) is 1. The highest BCUT2D eigenvalue weighted by atomic mass is 16.5. The van der Waals surface area contributed by atoms with Crippen LogP contribution in [0.2, 0.25) is 0 Å². The van der Waals surface area contributed by atoms with Crippen LogP contribution in [-0.2, 0) is 32.0 Å². The van der Waals surface area contributed by atoms with Gasteiger partial charge >= 0.3 is 6.09 Å². The number of primary amides is 1. The molecular weight excluding hydrogens is 568 g/mol.